The highest BCUT2D eigenvalue weighted by atomic mass is 28.3. The number of benzene rings is 7. The van der Waals surface area contributed by atoms with Crippen molar-refractivity contribution < 1.29 is 0 Å². The van der Waals surface area contributed by atoms with Crippen molar-refractivity contribution in [2.75, 3.05) is 14.7 Å². The number of anilines is 9. The number of fused-ring (bicyclic) bond motifs is 6. The molecule has 3 aliphatic rings. The second-order valence-electron chi connectivity index (χ2n) is 13.8. The van der Waals surface area contributed by atoms with Gasteiger partial charge in [0, 0.05) is 51.2 Å². The van der Waals surface area contributed by atoms with Crippen molar-refractivity contribution in [1.29, 1.82) is 0 Å². The fraction of sp³-hybridized carbons (Fsp3) is 0.0455. The second kappa shape index (κ2) is 10.6. The maximum atomic E-state index is 2.52. The third kappa shape index (κ3) is 4.03. The first-order valence-electron chi connectivity index (χ1n) is 17.2. The van der Waals surface area contributed by atoms with E-state index in [-0.39, 0.29) is 6.71 Å². The van der Waals surface area contributed by atoms with Crippen LogP contribution in [0, 0.1) is 0 Å². The van der Waals surface area contributed by atoms with E-state index < -0.39 is 8.07 Å². The average Bonchev–Trinajstić information content (AvgIpc) is 3.15. The largest absolute Gasteiger partial charge is 0.311 e. The molecule has 0 fully saturated rings. The van der Waals surface area contributed by atoms with Crippen molar-refractivity contribution in [2.24, 2.45) is 0 Å². The first-order chi connectivity index (χ1) is 24.1. The summed E-state index contributed by atoms with van der Waals surface area (Å²) in [7, 11) is -1.90. The van der Waals surface area contributed by atoms with E-state index in [1.165, 1.54) is 72.3 Å². The van der Waals surface area contributed by atoms with E-state index in [2.05, 4.69) is 198 Å². The minimum absolute atomic E-state index is 0.0679. The molecule has 0 unspecified atom stereocenters. The van der Waals surface area contributed by atoms with Gasteiger partial charge in [-0.15, -0.1) is 0 Å². The lowest BCUT2D eigenvalue weighted by atomic mass is 9.33. The highest BCUT2D eigenvalue weighted by Crippen LogP contribution is 2.45. The first-order valence-corrected chi connectivity index (χ1v) is 20.2. The van der Waals surface area contributed by atoms with Crippen LogP contribution in [0.4, 0.5) is 51.2 Å². The van der Waals surface area contributed by atoms with Gasteiger partial charge in [-0.2, -0.15) is 0 Å². The van der Waals surface area contributed by atoms with Crippen molar-refractivity contribution in [1.82, 2.24) is 0 Å². The Bertz CT molecular complexity index is 2340. The van der Waals surface area contributed by atoms with Gasteiger partial charge in [0.15, 0.2) is 0 Å². The summed E-state index contributed by atoms with van der Waals surface area (Å²) < 4.78 is 0. The molecule has 10 rings (SSSR count). The highest BCUT2D eigenvalue weighted by molar-refractivity contribution is 7.03. The van der Waals surface area contributed by atoms with Crippen LogP contribution in [-0.4, -0.2) is 14.8 Å². The van der Waals surface area contributed by atoms with Crippen molar-refractivity contribution in [3.63, 3.8) is 0 Å². The quantitative estimate of drug-likeness (QED) is 0.179. The lowest BCUT2D eigenvalue weighted by molar-refractivity contribution is 1.24. The summed E-state index contributed by atoms with van der Waals surface area (Å²) in [6, 6.07) is 62.8. The zero-order chi connectivity index (χ0) is 32.7. The Labute approximate surface area is 289 Å². The van der Waals surface area contributed by atoms with Gasteiger partial charge in [-0.1, -0.05) is 110 Å². The molecule has 3 nitrogen and oxygen atoms in total. The monoisotopic (exact) mass is 643 g/mol. The Morgan fingerprint density at radius 2 is 0.816 bits per heavy atom. The van der Waals surface area contributed by atoms with E-state index in [1.54, 1.807) is 0 Å². The Morgan fingerprint density at radius 3 is 1.41 bits per heavy atom. The van der Waals surface area contributed by atoms with Crippen LogP contribution >= 0.6 is 0 Å². The molecule has 7 aromatic carbocycles. The molecule has 0 aliphatic carbocycles. The van der Waals surface area contributed by atoms with Gasteiger partial charge < -0.3 is 14.7 Å². The molecule has 3 aliphatic heterocycles. The number of para-hydroxylation sites is 5. The Hall–Kier alpha value is -5.78. The van der Waals surface area contributed by atoms with Gasteiger partial charge in [-0.05, 0) is 99.6 Å². The number of hydrogen-bond acceptors (Lipinski definition) is 3. The minimum Gasteiger partial charge on any atom is -0.311 e. The maximum Gasteiger partial charge on any atom is 0.252 e. The molecule has 0 saturated heterocycles. The molecular weight excluding hydrogens is 609 g/mol. The Kier molecular flexibility index (Phi) is 6.12. The summed E-state index contributed by atoms with van der Waals surface area (Å²) in [6.45, 7) is 5.05. The molecule has 49 heavy (non-hydrogen) atoms. The maximum absolute atomic E-state index is 2.52. The zero-order valence-electron chi connectivity index (χ0n) is 27.6. The van der Waals surface area contributed by atoms with E-state index in [0.29, 0.717) is 0 Å². The molecule has 0 N–H and O–H groups in total. The van der Waals surface area contributed by atoms with Crippen molar-refractivity contribution in [3.8, 4) is 0 Å². The van der Waals surface area contributed by atoms with E-state index >= 15 is 0 Å². The fourth-order valence-electron chi connectivity index (χ4n) is 8.67. The predicted octanol–water partition coefficient (Wildman–Crippen LogP) is 8.38. The fourth-order valence-corrected chi connectivity index (χ4v) is 11.7. The highest BCUT2D eigenvalue weighted by Gasteiger charge is 2.44. The van der Waals surface area contributed by atoms with Crippen LogP contribution in [-0.2, 0) is 0 Å². The molecule has 5 heteroatoms. The standard InChI is InChI=1S/C44H34BN3Si/c1-49(2)42-26-13-11-22-38(42)48(39-23-12-14-27-43(39)49)33-28-29-37-35(30-33)45-34-20-9-10-21-36(34)46(31-16-5-3-6-17-31)40-24-15-25-41(44(40)45)47(37)32-18-7-4-8-19-32/h3-30H,1-2H3. The number of rotatable bonds is 3. The van der Waals surface area contributed by atoms with E-state index in [1.807, 2.05) is 0 Å². The van der Waals surface area contributed by atoms with Gasteiger partial charge in [0.25, 0.3) is 6.71 Å². The van der Waals surface area contributed by atoms with E-state index in [0.717, 1.165) is 5.69 Å². The van der Waals surface area contributed by atoms with Gasteiger partial charge in [0.2, 0.25) is 0 Å². The third-order valence-electron chi connectivity index (χ3n) is 10.8. The second-order valence-corrected chi connectivity index (χ2v) is 18.1. The normalized spacial score (nSPS) is 14.7. The summed E-state index contributed by atoms with van der Waals surface area (Å²) in [5, 5.41) is 2.96. The van der Waals surface area contributed by atoms with Crippen LogP contribution in [0.1, 0.15) is 0 Å². The third-order valence-corrected chi connectivity index (χ3v) is 14.3. The van der Waals surface area contributed by atoms with Crippen molar-refractivity contribution >= 4 is 92.7 Å². The first kappa shape index (κ1) is 28.3. The van der Waals surface area contributed by atoms with Gasteiger partial charge in [-0.25, -0.2) is 0 Å². The minimum atomic E-state index is -1.90. The van der Waals surface area contributed by atoms with Crippen LogP contribution < -0.4 is 41.5 Å². The zero-order valence-corrected chi connectivity index (χ0v) is 28.6. The molecule has 0 saturated carbocycles. The van der Waals surface area contributed by atoms with Crippen molar-refractivity contribution in [3.05, 3.63) is 170 Å². The van der Waals surface area contributed by atoms with Crippen LogP contribution in [0.3, 0.4) is 0 Å². The van der Waals surface area contributed by atoms with Crippen LogP contribution in [0.15, 0.2) is 170 Å². The number of hydrogen-bond donors (Lipinski definition) is 0. The predicted molar refractivity (Wildman–Crippen MR) is 212 cm³/mol. The summed E-state index contributed by atoms with van der Waals surface area (Å²) >= 11 is 0. The van der Waals surface area contributed by atoms with Gasteiger partial charge in [0.1, 0.15) is 8.07 Å². The molecule has 0 aromatic heterocycles. The van der Waals surface area contributed by atoms with Gasteiger partial charge in [0.05, 0.1) is 0 Å². The average molecular weight is 644 g/mol. The lowest BCUT2D eigenvalue weighted by Gasteiger charge is -2.45. The molecule has 0 bridgehead atoms. The van der Waals surface area contributed by atoms with Gasteiger partial charge >= 0.3 is 0 Å². The van der Waals surface area contributed by atoms with E-state index in [4.69, 9.17) is 0 Å². The van der Waals surface area contributed by atoms with E-state index in [9.17, 15) is 0 Å². The molecule has 0 radical (unpaired) electrons. The molecule has 7 aromatic rings. The topological polar surface area (TPSA) is 9.72 Å². The lowest BCUT2D eigenvalue weighted by Crippen LogP contribution is -2.61. The van der Waals surface area contributed by atoms with Crippen LogP contribution in [0.2, 0.25) is 13.1 Å². The van der Waals surface area contributed by atoms with Crippen LogP contribution in [0.5, 0.6) is 0 Å². The molecule has 0 amide bonds. The summed E-state index contributed by atoms with van der Waals surface area (Å²) in [4.78, 5) is 7.44. The molecule has 0 spiro atoms. The molecular formula is C44H34BN3Si. The summed E-state index contributed by atoms with van der Waals surface area (Å²) in [6.07, 6.45) is 0. The van der Waals surface area contributed by atoms with Crippen molar-refractivity contribution in [2.45, 2.75) is 13.1 Å². The van der Waals surface area contributed by atoms with Crippen LogP contribution in [0.25, 0.3) is 0 Å². The molecule has 3 heterocycles. The molecule has 0 atom stereocenters. The SMILES string of the molecule is C[Si]1(C)c2ccccc2N(c2ccc3c(c2)B2c4ccccc4N(c4ccccc4)c4cccc(c42)N3c2ccccc2)c2ccccc21. The smallest absolute Gasteiger partial charge is 0.252 e. The summed E-state index contributed by atoms with van der Waals surface area (Å²) in [5.74, 6) is 0. The number of nitrogens with zero attached hydrogens (tertiary/aromatic N) is 3. The Balaban J connectivity index is 1.26. The molecule has 232 valence electrons. The van der Waals surface area contributed by atoms with Gasteiger partial charge in [-0.3, -0.25) is 0 Å². The Morgan fingerprint density at radius 1 is 0.367 bits per heavy atom. The summed E-state index contributed by atoms with van der Waals surface area (Å²) in [5.41, 5.74) is 15.0.